The first-order chi connectivity index (χ1) is 12.0. The molecule has 3 rings (SSSR count). The smallest absolute Gasteiger partial charge is 0.269 e. The second-order valence-corrected chi connectivity index (χ2v) is 6.43. The first-order valence-corrected chi connectivity index (χ1v) is 8.66. The molecule has 0 saturated carbocycles. The second-order valence-electron chi connectivity index (χ2n) is 6.05. The fourth-order valence-corrected chi connectivity index (χ4v) is 3.28. The number of carbonyl (C=O) groups is 1. The Balaban J connectivity index is 1.49. The molecule has 0 aromatic heterocycles. The number of carbonyl (C=O) groups excluding carboxylic acids is 1. The molecule has 2 aliphatic rings. The van der Waals surface area contributed by atoms with Crippen LogP contribution in [0, 0.1) is 10.1 Å². The number of ether oxygens (including phenoxy) is 1. The number of piperazine rings is 1. The maximum Gasteiger partial charge on any atom is 0.269 e. The number of non-ortho nitro benzene ring substituents is 1. The van der Waals surface area contributed by atoms with Gasteiger partial charge >= 0.3 is 0 Å². The molecule has 2 aliphatic heterocycles. The first-order valence-electron chi connectivity index (χ1n) is 8.25. The number of anilines is 1. The van der Waals surface area contributed by atoms with Crippen molar-refractivity contribution in [3.63, 3.8) is 0 Å². The number of benzene rings is 1. The summed E-state index contributed by atoms with van der Waals surface area (Å²) in [6, 6.07) is 6.12. The van der Waals surface area contributed by atoms with E-state index >= 15 is 0 Å². The summed E-state index contributed by atoms with van der Waals surface area (Å²) in [5.41, 5.74) is 0.742. The van der Waals surface area contributed by atoms with Gasteiger partial charge in [0.25, 0.3) is 11.6 Å². The number of rotatable bonds is 3. The van der Waals surface area contributed by atoms with E-state index in [0.29, 0.717) is 43.6 Å². The molecule has 0 radical (unpaired) electrons. The number of nitro groups is 1. The minimum absolute atomic E-state index is 0.0396. The number of nitrogens with zero attached hydrogens (tertiary/aromatic N) is 3. The van der Waals surface area contributed by atoms with Gasteiger partial charge in [0, 0.05) is 50.6 Å². The molecular formula is C16H20N4O4S. The fourth-order valence-electron chi connectivity index (χ4n) is 2.97. The molecule has 134 valence electrons. The van der Waals surface area contributed by atoms with Crippen molar-refractivity contribution in [1.82, 2.24) is 9.80 Å². The quantitative estimate of drug-likeness (QED) is 0.495. The van der Waals surface area contributed by atoms with Gasteiger partial charge in [-0.25, -0.2) is 0 Å². The predicted octanol–water partition coefficient (Wildman–Crippen LogP) is 1.61. The monoisotopic (exact) mass is 364 g/mol. The van der Waals surface area contributed by atoms with E-state index in [0.717, 1.165) is 12.8 Å². The van der Waals surface area contributed by atoms with Crippen molar-refractivity contribution in [3.8, 4) is 0 Å². The molecule has 25 heavy (non-hydrogen) atoms. The highest BCUT2D eigenvalue weighted by Crippen LogP contribution is 2.18. The Morgan fingerprint density at radius 1 is 1.20 bits per heavy atom. The van der Waals surface area contributed by atoms with E-state index in [1.54, 1.807) is 12.1 Å². The summed E-state index contributed by atoms with van der Waals surface area (Å²) < 4.78 is 5.46. The van der Waals surface area contributed by atoms with Crippen LogP contribution < -0.4 is 5.32 Å². The molecule has 1 N–H and O–H groups in total. The zero-order valence-corrected chi connectivity index (χ0v) is 14.5. The highest BCUT2D eigenvalue weighted by molar-refractivity contribution is 7.80. The van der Waals surface area contributed by atoms with Gasteiger partial charge in [0.2, 0.25) is 0 Å². The highest BCUT2D eigenvalue weighted by Gasteiger charge is 2.30. The lowest BCUT2D eigenvalue weighted by Crippen LogP contribution is -2.53. The van der Waals surface area contributed by atoms with E-state index in [2.05, 4.69) is 5.32 Å². The van der Waals surface area contributed by atoms with Gasteiger partial charge in [-0.1, -0.05) is 0 Å². The van der Waals surface area contributed by atoms with Crippen molar-refractivity contribution in [1.29, 1.82) is 0 Å². The highest BCUT2D eigenvalue weighted by atomic mass is 32.1. The summed E-state index contributed by atoms with van der Waals surface area (Å²) in [4.78, 5) is 26.4. The van der Waals surface area contributed by atoms with Crippen LogP contribution in [0.5, 0.6) is 0 Å². The summed E-state index contributed by atoms with van der Waals surface area (Å²) >= 11 is 5.40. The number of hydrogen-bond acceptors (Lipinski definition) is 5. The molecule has 8 nitrogen and oxygen atoms in total. The third kappa shape index (κ3) is 4.23. The average molecular weight is 364 g/mol. The van der Waals surface area contributed by atoms with Crippen LogP contribution in [0.1, 0.15) is 12.8 Å². The van der Waals surface area contributed by atoms with Gasteiger partial charge in [-0.3, -0.25) is 14.9 Å². The lowest BCUT2D eigenvalue weighted by Gasteiger charge is -2.37. The Kier molecular flexibility index (Phi) is 5.44. The van der Waals surface area contributed by atoms with Crippen molar-refractivity contribution in [2.24, 2.45) is 0 Å². The number of thiocarbonyl (C=S) groups is 1. The summed E-state index contributed by atoms with van der Waals surface area (Å²) in [5.74, 6) is 0.0754. The van der Waals surface area contributed by atoms with Crippen LogP contribution >= 0.6 is 12.2 Å². The first kappa shape index (κ1) is 17.6. The normalized spacial score (nSPS) is 20.4. The van der Waals surface area contributed by atoms with E-state index in [1.165, 1.54) is 12.1 Å². The molecule has 1 aromatic carbocycles. The van der Waals surface area contributed by atoms with Gasteiger partial charge in [-0.05, 0) is 37.2 Å². The van der Waals surface area contributed by atoms with E-state index in [4.69, 9.17) is 17.0 Å². The minimum Gasteiger partial charge on any atom is -0.368 e. The van der Waals surface area contributed by atoms with E-state index in [-0.39, 0.29) is 17.7 Å². The molecule has 2 fully saturated rings. The molecule has 1 amide bonds. The summed E-state index contributed by atoms with van der Waals surface area (Å²) in [5, 5.41) is 14.3. The molecule has 9 heteroatoms. The maximum absolute atomic E-state index is 12.3. The van der Waals surface area contributed by atoms with Gasteiger partial charge in [0.1, 0.15) is 6.10 Å². The number of amides is 1. The standard InChI is InChI=1S/C16H20N4O4S/c21-15(14-2-1-11-24-14)18-7-9-19(10-8-18)16(25)17-12-3-5-13(6-4-12)20(22)23/h3-6,14H,1-2,7-11H2,(H,17,25)/t14-/m0/s1. The zero-order chi connectivity index (χ0) is 17.8. The van der Waals surface area contributed by atoms with Crippen LogP contribution in [0.25, 0.3) is 0 Å². The number of nitrogens with one attached hydrogen (secondary N) is 1. The molecule has 2 heterocycles. The Bertz CT molecular complexity index is 653. The van der Waals surface area contributed by atoms with Crippen LogP contribution in [0.2, 0.25) is 0 Å². The SMILES string of the molecule is O=C([C@@H]1CCCO1)N1CCN(C(=S)Nc2ccc([N+](=O)[O-])cc2)CC1. The molecular weight excluding hydrogens is 344 g/mol. The molecule has 2 saturated heterocycles. The summed E-state index contributed by atoms with van der Waals surface area (Å²) in [6.07, 6.45) is 1.47. The topological polar surface area (TPSA) is 88.0 Å². The van der Waals surface area contributed by atoms with Crippen LogP contribution in [-0.2, 0) is 9.53 Å². The third-order valence-electron chi connectivity index (χ3n) is 4.41. The van der Waals surface area contributed by atoms with Crippen LogP contribution in [-0.4, -0.2) is 64.6 Å². The zero-order valence-electron chi connectivity index (χ0n) is 13.7. The minimum atomic E-state index is -0.438. The maximum atomic E-state index is 12.3. The number of hydrogen-bond donors (Lipinski definition) is 1. The van der Waals surface area contributed by atoms with Crippen molar-refractivity contribution in [2.75, 3.05) is 38.1 Å². The van der Waals surface area contributed by atoms with Crippen molar-refractivity contribution < 1.29 is 14.5 Å². The van der Waals surface area contributed by atoms with Gasteiger partial charge in [-0.2, -0.15) is 0 Å². The third-order valence-corrected chi connectivity index (χ3v) is 4.77. The second kappa shape index (κ2) is 7.75. The van der Waals surface area contributed by atoms with Gasteiger partial charge in [-0.15, -0.1) is 0 Å². The predicted molar refractivity (Wildman–Crippen MR) is 96.4 cm³/mol. The lowest BCUT2D eigenvalue weighted by atomic mass is 10.2. The van der Waals surface area contributed by atoms with Crippen molar-refractivity contribution >= 4 is 34.6 Å². The van der Waals surface area contributed by atoms with E-state index < -0.39 is 4.92 Å². The Labute approximate surface area is 150 Å². The average Bonchev–Trinajstić information content (AvgIpc) is 3.16. The Morgan fingerprint density at radius 2 is 1.84 bits per heavy atom. The lowest BCUT2D eigenvalue weighted by molar-refractivity contribution is -0.384. The van der Waals surface area contributed by atoms with Gasteiger partial charge in [0.15, 0.2) is 5.11 Å². The van der Waals surface area contributed by atoms with Crippen LogP contribution in [0.15, 0.2) is 24.3 Å². The molecule has 0 aliphatic carbocycles. The van der Waals surface area contributed by atoms with Crippen molar-refractivity contribution in [3.05, 3.63) is 34.4 Å². The van der Waals surface area contributed by atoms with Crippen LogP contribution in [0.3, 0.4) is 0 Å². The summed E-state index contributed by atoms with van der Waals surface area (Å²) in [7, 11) is 0. The molecule has 0 unspecified atom stereocenters. The molecule has 1 aromatic rings. The van der Waals surface area contributed by atoms with Gasteiger partial charge in [0.05, 0.1) is 4.92 Å². The van der Waals surface area contributed by atoms with Gasteiger partial charge < -0.3 is 19.9 Å². The number of nitro benzene ring substituents is 1. The fraction of sp³-hybridized carbons (Fsp3) is 0.500. The Morgan fingerprint density at radius 3 is 2.40 bits per heavy atom. The largest absolute Gasteiger partial charge is 0.368 e. The molecule has 0 bridgehead atoms. The summed E-state index contributed by atoms with van der Waals surface area (Å²) in [6.45, 7) is 3.19. The van der Waals surface area contributed by atoms with Crippen molar-refractivity contribution in [2.45, 2.75) is 18.9 Å². The van der Waals surface area contributed by atoms with E-state index in [9.17, 15) is 14.9 Å². The van der Waals surface area contributed by atoms with Crippen LogP contribution in [0.4, 0.5) is 11.4 Å². The molecule has 0 spiro atoms. The molecule has 1 atom stereocenters. The van der Waals surface area contributed by atoms with E-state index in [1.807, 2.05) is 9.80 Å². The Hall–Kier alpha value is -2.26.